The number of para-hydroxylation sites is 2. The molecule has 0 spiro atoms. The first-order valence-electron chi connectivity index (χ1n) is 31.3. The molecule has 92 heavy (non-hydrogen) atoms. The number of nitrogens with zero attached hydrogens (tertiary/aromatic N) is 6. The van der Waals surface area contributed by atoms with Crippen LogP contribution in [0.4, 0.5) is 19.2 Å². The van der Waals surface area contributed by atoms with Gasteiger partial charge in [0.25, 0.3) is 0 Å². The van der Waals surface area contributed by atoms with Gasteiger partial charge in [0.2, 0.25) is 17.7 Å². The topological polar surface area (TPSA) is 282 Å². The minimum atomic E-state index is -1.04. The average Bonchev–Trinajstić information content (AvgIpc) is 1.61. The first kappa shape index (κ1) is 72.4. The lowest BCUT2D eigenvalue weighted by Crippen LogP contribution is -2.58. The number of rotatable bonds is 18. The molecular weight excluding hydrogens is 1180 g/mol. The van der Waals surface area contributed by atoms with Gasteiger partial charge in [0.15, 0.2) is 0 Å². The molecule has 5 N–H and O–H groups in total. The number of benzene rings is 4. The molecule has 4 aromatic rings. The lowest BCUT2D eigenvalue weighted by molar-refractivity contribution is -0.140. The van der Waals surface area contributed by atoms with Crippen molar-refractivity contribution in [1.29, 1.82) is 0 Å². The molecule has 8 rings (SSSR count). The van der Waals surface area contributed by atoms with Gasteiger partial charge in [-0.2, -0.15) is 0 Å². The summed E-state index contributed by atoms with van der Waals surface area (Å²) in [6.45, 7) is 23.4. The van der Waals surface area contributed by atoms with Gasteiger partial charge in [-0.25, -0.2) is 29.6 Å². The van der Waals surface area contributed by atoms with Crippen LogP contribution >= 0.6 is 0 Å². The number of amides is 7. The van der Waals surface area contributed by atoms with E-state index in [0.717, 1.165) is 21.9 Å². The van der Waals surface area contributed by atoms with Gasteiger partial charge in [-0.15, -0.1) is 0 Å². The summed E-state index contributed by atoms with van der Waals surface area (Å²) >= 11 is 0. The van der Waals surface area contributed by atoms with Crippen molar-refractivity contribution in [3.63, 3.8) is 0 Å². The average molecular weight is 1280 g/mol. The maximum Gasteiger partial charge on any atom is 0.424 e. The van der Waals surface area contributed by atoms with E-state index in [-0.39, 0.29) is 73.7 Å². The Bertz CT molecular complexity index is 3080. The summed E-state index contributed by atoms with van der Waals surface area (Å²) in [7, 11) is 2.90. The predicted molar refractivity (Wildman–Crippen MR) is 343 cm³/mol. The highest BCUT2D eigenvalue weighted by Crippen LogP contribution is 2.38. The molecule has 0 saturated carbocycles. The number of ether oxygens (including phenoxy) is 6. The standard InChI is InChI=1S/C34H46N4O7.C22H33N3O4.C12H16N2O4/c1-22(2)28(35-30(39)23(3)36(7)32(41)43-21-24-14-10-8-11-15-24)31(40)37-19-18-26-29(37)27(44-25-16-12-9-13-17-25)20-38(26)33(42)45-34(4,5)6;1-14(2)18(23)20(26)24-12-11-16-19(24)17(28-15-9-7-6-8-10-15)13-25(16)21(27)29-22(3,4)5;1-9(11(15)16)13-14(2)12(17)18-8-10-6-4-3-5-7-10/h8-17,22-23,26-29H,18-21H2,1-7H3,(H,35,39);6-10,14,16-19H,11-13,23H2,1-5H3;3-7,9,13H,8H2,1-2H3,(H,15,16)/t23-,26+,27-,28-,29-;16-,17+,18+,19+;/m01./s1. The molecule has 0 bridgehead atoms. The fraction of sp³-hybridized carbons (Fsp3) is 0.529. The largest absolute Gasteiger partial charge is 0.486 e. The van der Waals surface area contributed by atoms with E-state index in [9.17, 15) is 38.4 Å². The Hall–Kier alpha value is -8.64. The highest BCUT2D eigenvalue weighted by atomic mass is 16.6. The van der Waals surface area contributed by atoms with Crippen LogP contribution in [-0.2, 0) is 51.3 Å². The number of hydrazine groups is 1. The summed E-state index contributed by atoms with van der Waals surface area (Å²) in [6, 6.07) is 33.0. The number of likely N-dealkylation sites (tertiary alicyclic amines) is 4. The van der Waals surface area contributed by atoms with Gasteiger partial charge in [-0.3, -0.25) is 33.9 Å². The zero-order valence-electron chi connectivity index (χ0n) is 55.6. The number of carbonyl (C=O) groups excluding carboxylic acids is 7. The number of aliphatic carboxylic acids is 1. The summed E-state index contributed by atoms with van der Waals surface area (Å²) in [4.78, 5) is 110. The molecule has 24 nitrogen and oxygen atoms in total. The van der Waals surface area contributed by atoms with Gasteiger partial charge in [-0.05, 0) is 115 Å². The van der Waals surface area contributed by atoms with Crippen molar-refractivity contribution in [2.75, 3.05) is 40.3 Å². The van der Waals surface area contributed by atoms with E-state index < -0.39 is 77.7 Å². The van der Waals surface area contributed by atoms with Crippen LogP contribution in [0, 0.1) is 11.8 Å². The number of carbonyl (C=O) groups is 8. The highest BCUT2D eigenvalue weighted by molar-refractivity contribution is 5.92. The number of hydrogen-bond donors (Lipinski definition) is 4. The van der Waals surface area contributed by atoms with Crippen LogP contribution in [0.1, 0.15) is 107 Å². The van der Waals surface area contributed by atoms with Crippen LogP contribution in [-0.4, -0.2) is 195 Å². The van der Waals surface area contributed by atoms with Crippen molar-refractivity contribution in [2.24, 2.45) is 17.6 Å². The molecule has 4 heterocycles. The second-order valence-electron chi connectivity index (χ2n) is 26.1. The van der Waals surface area contributed by atoms with Crippen LogP contribution in [0.5, 0.6) is 11.5 Å². The maximum atomic E-state index is 14.2. The second-order valence-corrected chi connectivity index (χ2v) is 26.1. The molecular formula is C68H95N9O15. The number of carboxylic acids is 1. The minimum Gasteiger partial charge on any atom is -0.486 e. The Balaban J connectivity index is 0.000000243. The normalized spacial score (nSPS) is 20.3. The zero-order chi connectivity index (χ0) is 67.8. The van der Waals surface area contributed by atoms with E-state index in [1.54, 1.807) is 21.6 Å². The summed E-state index contributed by atoms with van der Waals surface area (Å²) in [5.41, 5.74) is 9.07. The van der Waals surface area contributed by atoms with Gasteiger partial charge in [0, 0.05) is 27.2 Å². The summed E-state index contributed by atoms with van der Waals surface area (Å²) in [6.07, 6.45) is -1.68. The third-order valence-corrected chi connectivity index (χ3v) is 16.0. The number of fused-ring (bicyclic) bond motifs is 2. The van der Waals surface area contributed by atoms with Gasteiger partial charge >= 0.3 is 30.3 Å². The third kappa shape index (κ3) is 20.2. The zero-order valence-corrected chi connectivity index (χ0v) is 55.6. The number of carboxylic acid groups (broad SMARTS) is 1. The van der Waals surface area contributed by atoms with Crippen molar-refractivity contribution >= 4 is 48.1 Å². The molecule has 4 aliphatic rings. The molecule has 10 atom stereocenters. The second kappa shape index (κ2) is 32.6. The number of nitrogens with two attached hydrogens (primary N) is 1. The molecule has 4 aromatic carbocycles. The van der Waals surface area contributed by atoms with E-state index in [1.165, 1.54) is 25.9 Å². The monoisotopic (exact) mass is 1280 g/mol. The summed E-state index contributed by atoms with van der Waals surface area (Å²) in [5.74, 6) is -0.724. The Kier molecular flexibility index (Phi) is 25.6. The summed E-state index contributed by atoms with van der Waals surface area (Å²) < 4.78 is 34.3. The van der Waals surface area contributed by atoms with Crippen LogP contribution < -0.4 is 25.9 Å². The molecule has 4 aliphatic heterocycles. The molecule has 0 radical (unpaired) electrons. The first-order chi connectivity index (χ1) is 43.3. The Morgan fingerprint density at radius 3 is 1.34 bits per heavy atom. The van der Waals surface area contributed by atoms with Crippen LogP contribution in [0.3, 0.4) is 0 Å². The van der Waals surface area contributed by atoms with Crippen molar-refractivity contribution in [3.8, 4) is 11.5 Å². The van der Waals surface area contributed by atoms with E-state index in [2.05, 4.69) is 10.7 Å². The highest BCUT2D eigenvalue weighted by Gasteiger charge is 2.56. The smallest absolute Gasteiger partial charge is 0.424 e. The van der Waals surface area contributed by atoms with E-state index in [4.69, 9.17) is 39.3 Å². The van der Waals surface area contributed by atoms with E-state index in [1.807, 2.05) is 195 Å². The van der Waals surface area contributed by atoms with Crippen molar-refractivity contribution < 1.29 is 71.9 Å². The first-order valence-corrected chi connectivity index (χ1v) is 31.3. The quantitative estimate of drug-likeness (QED) is 0.0538. The van der Waals surface area contributed by atoms with Crippen molar-refractivity contribution in [2.45, 2.75) is 181 Å². The summed E-state index contributed by atoms with van der Waals surface area (Å²) in [5, 5.41) is 12.6. The van der Waals surface area contributed by atoms with Gasteiger partial charge < -0.3 is 54.4 Å². The number of nitrogens with one attached hydrogen (secondary N) is 2. The molecule has 1 unspecified atom stereocenters. The molecule has 4 fully saturated rings. The molecule has 4 saturated heterocycles. The van der Waals surface area contributed by atoms with Gasteiger partial charge in [-0.1, -0.05) is 125 Å². The Labute approximate surface area is 540 Å². The fourth-order valence-corrected chi connectivity index (χ4v) is 11.0. The van der Waals surface area contributed by atoms with Crippen LogP contribution in [0.25, 0.3) is 0 Å². The third-order valence-electron chi connectivity index (χ3n) is 16.0. The lowest BCUT2D eigenvalue weighted by Gasteiger charge is -2.34. The molecule has 7 amide bonds. The van der Waals surface area contributed by atoms with Gasteiger partial charge in [0.1, 0.15) is 66.2 Å². The van der Waals surface area contributed by atoms with Crippen molar-refractivity contribution in [3.05, 3.63) is 132 Å². The fourth-order valence-electron chi connectivity index (χ4n) is 11.0. The molecule has 0 aromatic heterocycles. The SMILES string of the molecule is CC(C)[C@H](N)C(=O)N1CC[C@@H]2[C@H]1[C@@H](Oc1ccccc1)CN2C(=O)OC(C)(C)C.CC(C)[C@H](NC(=O)[C@H](C)N(C)C(=O)OCc1ccccc1)C(=O)N1CC[C@@H]2[C@H]1[C@@H](Oc1ccccc1)CN2C(=O)OC(C)(C)C.CC(NN(C)C(=O)OCc1ccccc1)C(=O)O. The van der Waals surface area contributed by atoms with Crippen LogP contribution in [0.15, 0.2) is 121 Å². The number of likely N-dealkylation sites (N-methyl/N-ethyl adjacent to an activating group) is 1. The molecule has 502 valence electrons. The minimum absolute atomic E-state index is 0.0402. The van der Waals surface area contributed by atoms with Gasteiger partial charge in [0.05, 0.1) is 43.3 Å². The molecule has 0 aliphatic carbocycles. The number of hydrogen-bond acceptors (Lipinski definition) is 16. The molecule has 24 heteroatoms. The van der Waals surface area contributed by atoms with Crippen LogP contribution in [0.2, 0.25) is 0 Å². The van der Waals surface area contributed by atoms with E-state index in [0.29, 0.717) is 38.2 Å². The predicted octanol–water partition coefficient (Wildman–Crippen LogP) is 8.32. The van der Waals surface area contributed by atoms with Crippen molar-refractivity contribution in [1.82, 2.24) is 40.3 Å². The van der Waals surface area contributed by atoms with E-state index >= 15 is 0 Å². The lowest BCUT2D eigenvalue weighted by atomic mass is 10.0. The maximum absolute atomic E-state index is 14.2. The Morgan fingerprint density at radius 1 is 0.565 bits per heavy atom. The Morgan fingerprint density at radius 2 is 0.957 bits per heavy atom.